The van der Waals surface area contributed by atoms with E-state index in [1.165, 1.54) is 12.1 Å². The van der Waals surface area contributed by atoms with Gasteiger partial charge in [0, 0.05) is 5.69 Å². The molecule has 4 N–H and O–H groups in total. The summed E-state index contributed by atoms with van der Waals surface area (Å²) >= 11 is 0.936. The van der Waals surface area contributed by atoms with E-state index in [4.69, 9.17) is 11.5 Å². The van der Waals surface area contributed by atoms with Crippen LogP contribution in [0.3, 0.4) is 0 Å². The first-order chi connectivity index (χ1) is 9.91. The summed E-state index contributed by atoms with van der Waals surface area (Å²) < 4.78 is 0. The lowest BCUT2D eigenvalue weighted by Crippen LogP contribution is -2.36. The fourth-order valence-corrected chi connectivity index (χ4v) is 2.98. The molecule has 0 saturated heterocycles. The fourth-order valence-electron chi connectivity index (χ4n) is 2.21. The van der Waals surface area contributed by atoms with Crippen molar-refractivity contribution < 1.29 is 14.4 Å². The van der Waals surface area contributed by atoms with Crippen LogP contribution >= 0.6 is 11.3 Å². The Labute approximate surface area is 123 Å². The third-order valence-electron chi connectivity index (χ3n) is 3.16. The van der Waals surface area contributed by atoms with E-state index in [9.17, 15) is 14.4 Å². The van der Waals surface area contributed by atoms with E-state index in [-0.39, 0.29) is 26.8 Å². The van der Waals surface area contributed by atoms with Crippen LogP contribution in [0, 0.1) is 6.92 Å². The number of hydrogen-bond donors (Lipinski definition) is 2. The zero-order valence-electron chi connectivity index (χ0n) is 10.9. The monoisotopic (exact) mass is 302 g/mol. The summed E-state index contributed by atoms with van der Waals surface area (Å²) in [7, 11) is 0. The van der Waals surface area contributed by atoms with Gasteiger partial charge in [0.1, 0.15) is 4.88 Å². The zero-order chi connectivity index (χ0) is 15.3. The molecule has 1 aromatic heterocycles. The third kappa shape index (κ3) is 1.80. The van der Waals surface area contributed by atoms with Crippen LogP contribution in [0.5, 0.6) is 0 Å². The number of benzene rings is 1. The maximum Gasteiger partial charge on any atom is 0.279 e. The number of aryl methyl sites for hydroxylation is 1. The average molecular weight is 302 g/mol. The zero-order valence-corrected chi connectivity index (χ0v) is 11.7. The molecule has 0 unspecified atom stereocenters. The first-order valence-electron chi connectivity index (χ1n) is 5.96. The molecule has 0 radical (unpaired) electrons. The quantitative estimate of drug-likeness (QED) is 0.600. The largest absolute Gasteiger partial charge is 0.398 e. The van der Waals surface area contributed by atoms with Gasteiger partial charge in [-0.25, -0.2) is 9.88 Å². The van der Waals surface area contributed by atoms with Gasteiger partial charge in [-0.2, -0.15) is 0 Å². The summed E-state index contributed by atoms with van der Waals surface area (Å²) in [5.41, 5.74) is 12.0. The Kier molecular flexibility index (Phi) is 2.77. The Bertz CT molecular complexity index is 812. The molecule has 2 aromatic rings. The Morgan fingerprint density at radius 1 is 1.24 bits per heavy atom. The number of nitrogen functional groups attached to an aromatic ring is 2. The van der Waals surface area contributed by atoms with E-state index in [0.29, 0.717) is 10.6 Å². The first-order valence-corrected chi connectivity index (χ1v) is 6.78. The van der Waals surface area contributed by atoms with Crippen molar-refractivity contribution in [1.29, 1.82) is 0 Å². The van der Waals surface area contributed by atoms with Crippen molar-refractivity contribution in [3.8, 4) is 0 Å². The second-order valence-corrected chi connectivity index (χ2v) is 5.52. The standard InChI is InChI=1S/C13H10N4O3S/c1-5-9(21-13(15)16-5)12(20)17-10(18)6-3-2-4-7(14)8(6)11(17)19/h2-4H,14H2,1H3,(H2,15,16). The lowest BCUT2D eigenvalue weighted by Gasteiger charge is -2.10. The first kappa shape index (κ1) is 13.3. The fraction of sp³-hybridized carbons (Fsp3) is 0.0769. The molecule has 1 aliphatic rings. The molecular formula is C13H10N4O3S. The van der Waals surface area contributed by atoms with Crippen molar-refractivity contribution >= 4 is 39.9 Å². The predicted molar refractivity (Wildman–Crippen MR) is 76.9 cm³/mol. The summed E-state index contributed by atoms with van der Waals surface area (Å²) in [4.78, 5) is 41.7. The molecule has 106 valence electrons. The SMILES string of the molecule is Cc1nc(N)sc1C(=O)N1C(=O)c2cccc(N)c2C1=O. The summed E-state index contributed by atoms with van der Waals surface area (Å²) in [5.74, 6) is -2.13. The van der Waals surface area contributed by atoms with Gasteiger partial charge in [-0.05, 0) is 19.1 Å². The summed E-state index contributed by atoms with van der Waals surface area (Å²) in [5, 5.41) is 0.201. The molecule has 0 atom stereocenters. The van der Waals surface area contributed by atoms with Crippen molar-refractivity contribution in [2.24, 2.45) is 0 Å². The predicted octanol–water partition coefficient (Wildman–Crippen LogP) is 1.05. The van der Waals surface area contributed by atoms with E-state index < -0.39 is 17.7 Å². The highest BCUT2D eigenvalue weighted by Crippen LogP contribution is 2.30. The second kappa shape index (κ2) is 4.38. The van der Waals surface area contributed by atoms with Crippen LogP contribution < -0.4 is 11.5 Å². The van der Waals surface area contributed by atoms with Crippen LogP contribution in [0.25, 0.3) is 0 Å². The molecule has 1 aromatic carbocycles. The lowest BCUT2D eigenvalue weighted by atomic mass is 10.1. The van der Waals surface area contributed by atoms with Gasteiger partial charge in [0.05, 0.1) is 16.8 Å². The van der Waals surface area contributed by atoms with Gasteiger partial charge >= 0.3 is 0 Å². The number of anilines is 2. The summed E-state index contributed by atoms with van der Waals surface area (Å²) in [6, 6.07) is 4.53. The Morgan fingerprint density at radius 3 is 2.52 bits per heavy atom. The van der Waals surface area contributed by atoms with Crippen molar-refractivity contribution in [2.75, 3.05) is 11.5 Å². The van der Waals surface area contributed by atoms with Gasteiger partial charge in [0.2, 0.25) is 0 Å². The molecule has 1 aliphatic heterocycles. The van der Waals surface area contributed by atoms with Gasteiger partial charge in [-0.15, -0.1) is 0 Å². The van der Waals surface area contributed by atoms with Gasteiger partial charge in [0.15, 0.2) is 5.13 Å². The minimum atomic E-state index is -0.729. The molecule has 2 heterocycles. The van der Waals surface area contributed by atoms with Crippen LogP contribution in [-0.2, 0) is 0 Å². The average Bonchev–Trinajstić information content (AvgIpc) is 2.88. The van der Waals surface area contributed by atoms with E-state index in [2.05, 4.69) is 4.98 Å². The second-order valence-electron chi connectivity index (χ2n) is 4.49. The van der Waals surface area contributed by atoms with Crippen LogP contribution in [0.1, 0.15) is 36.1 Å². The van der Waals surface area contributed by atoms with Crippen LogP contribution in [0.15, 0.2) is 18.2 Å². The van der Waals surface area contributed by atoms with Crippen molar-refractivity contribution in [3.63, 3.8) is 0 Å². The molecule has 21 heavy (non-hydrogen) atoms. The minimum absolute atomic E-state index is 0.0611. The van der Waals surface area contributed by atoms with E-state index in [1.54, 1.807) is 13.0 Å². The van der Waals surface area contributed by atoms with E-state index in [0.717, 1.165) is 11.3 Å². The Balaban J connectivity index is 2.08. The van der Waals surface area contributed by atoms with Crippen LogP contribution in [0.2, 0.25) is 0 Å². The minimum Gasteiger partial charge on any atom is -0.398 e. The van der Waals surface area contributed by atoms with Crippen molar-refractivity contribution in [3.05, 3.63) is 39.9 Å². The van der Waals surface area contributed by atoms with E-state index in [1.807, 2.05) is 0 Å². The maximum atomic E-state index is 12.4. The molecule has 0 bridgehead atoms. The van der Waals surface area contributed by atoms with Gasteiger partial charge in [-0.1, -0.05) is 17.4 Å². The number of aromatic nitrogens is 1. The summed E-state index contributed by atoms with van der Waals surface area (Å²) in [6.45, 7) is 1.59. The van der Waals surface area contributed by atoms with E-state index >= 15 is 0 Å². The highest BCUT2D eigenvalue weighted by Gasteiger charge is 2.42. The summed E-state index contributed by atoms with van der Waals surface area (Å²) in [6.07, 6.45) is 0. The highest BCUT2D eigenvalue weighted by atomic mass is 32.1. The van der Waals surface area contributed by atoms with Crippen LogP contribution in [-0.4, -0.2) is 27.6 Å². The molecular weight excluding hydrogens is 292 g/mol. The molecule has 0 saturated carbocycles. The number of carbonyl (C=O) groups is 3. The van der Waals surface area contributed by atoms with Gasteiger partial charge in [0.25, 0.3) is 17.7 Å². The molecule has 3 amide bonds. The third-order valence-corrected chi connectivity index (χ3v) is 4.13. The highest BCUT2D eigenvalue weighted by molar-refractivity contribution is 7.17. The number of amides is 3. The number of imide groups is 3. The normalized spacial score (nSPS) is 13.7. The lowest BCUT2D eigenvalue weighted by molar-refractivity contribution is 0.0568. The Morgan fingerprint density at radius 2 is 1.95 bits per heavy atom. The number of carbonyl (C=O) groups excluding carboxylic acids is 3. The molecule has 0 spiro atoms. The molecule has 3 rings (SSSR count). The van der Waals surface area contributed by atoms with Gasteiger partial charge < -0.3 is 11.5 Å². The Hall–Kier alpha value is -2.74. The number of nitrogens with zero attached hydrogens (tertiary/aromatic N) is 2. The smallest absolute Gasteiger partial charge is 0.279 e. The number of hydrogen-bond acceptors (Lipinski definition) is 7. The molecule has 7 nitrogen and oxygen atoms in total. The number of nitrogens with two attached hydrogens (primary N) is 2. The molecule has 0 aliphatic carbocycles. The maximum absolute atomic E-state index is 12.4. The molecule has 0 fully saturated rings. The van der Waals surface area contributed by atoms with Crippen molar-refractivity contribution in [1.82, 2.24) is 9.88 Å². The van der Waals surface area contributed by atoms with Crippen molar-refractivity contribution in [2.45, 2.75) is 6.92 Å². The van der Waals surface area contributed by atoms with Crippen LogP contribution in [0.4, 0.5) is 10.8 Å². The molecule has 8 heteroatoms. The van der Waals surface area contributed by atoms with Gasteiger partial charge in [-0.3, -0.25) is 14.4 Å². The number of rotatable bonds is 1. The topological polar surface area (TPSA) is 119 Å². The number of thiazole rings is 1. The number of fused-ring (bicyclic) bond motifs is 1.